The van der Waals surface area contributed by atoms with Crippen LogP contribution in [0.3, 0.4) is 0 Å². The van der Waals surface area contributed by atoms with E-state index in [0.717, 1.165) is 0 Å². The van der Waals surface area contributed by atoms with Gasteiger partial charge >= 0.3 is 0 Å². The normalized spacial score (nSPS) is 39.5. The largest absolute Gasteiger partial charge is 0.327 e. The molecule has 1 unspecified atom stereocenters. The van der Waals surface area contributed by atoms with Gasteiger partial charge < -0.3 is 5.73 Å². The summed E-state index contributed by atoms with van der Waals surface area (Å²) < 4.78 is 0. The summed E-state index contributed by atoms with van der Waals surface area (Å²) in [6.07, 6.45) is 3.83. The standard InChI is InChI=1S/C10H21N/c1-9(2,3)10(4)7-5-6-8(10)11/h8H,5-7,11H2,1-4H3/t8-,10?/m0/s1. The molecule has 0 saturated heterocycles. The molecule has 1 fully saturated rings. The molecule has 0 radical (unpaired) electrons. The predicted molar refractivity (Wildman–Crippen MR) is 49.4 cm³/mol. The number of hydrogen-bond donors (Lipinski definition) is 1. The van der Waals surface area contributed by atoms with Gasteiger partial charge in [-0.25, -0.2) is 0 Å². The Morgan fingerprint density at radius 2 is 1.91 bits per heavy atom. The Labute approximate surface area is 70.4 Å². The Balaban J connectivity index is 2.81. The van der Waals surface area contributed by atoms with Gasteiger partial charge in [-0.2, -0.15) is 0 Å². The minimum Gasteiger partial charge on any atom is -0.327 e. The molecule has 0 heterocycles. The van der Waals surface area contributed by atoms with E-state index in [9.17, 15) is 0 Å². The quantitative estimate of drug-likeness (QED) is 0.571. The van der Waals surface area contributed by atoms with Crippen LogP contribution in [0.15, 0.2) is 0 Å². The van der Waals surface area contributed by atoms with Gasteiger partial charge in [0.2, 0.25) is 0 Å². The van der Waals surface area contributed by atoms with Gasteiger partial charge in [-0.05, 0) is 23.7 Å². The molecule has 1 aliphatic carbocycles. The third kappa shape index (κ3) is 1.31. The molecule has 1 saturated carbocycles. The van der Waals surface area contributed by atoms with E-state index in [0.29, 0.717) is 16.9 Å². The van der Waals surface area contributed by atoms with Crippen molar-refractivity contribution < 1.29 is 0 Å². The van der Waals surface area contributed by atoms with E-state index in [4.69, 9.17) is 5.73 Å². The van der Waals surface area contributed by atoms with Crippen LogP contribution in [-0.4, -0.2) is 6.04 Å². The van der Waals surface area contributed by atoms with Crippen LogP contribution in [0.2, 0.25) is 0 Å². The molecular weight excluding hydrogens is 134 g/mol. The molecule has 1 nitrogen and oxygen atoms in total. The zero-order valence-electron chi connectivity index (χ0n) is 8.28. The molecule has 1 aliphatic rings. The minimum atomic E-state index is 0.364. The molecule has 0 amide bonds. The monoisotopic (exact) mass is 155 g/mol. The first-order chi connectivity index (χ1) is 4.88. The first-order valence-electron chi connectivity index (χ1n) is 4.63. The van der Waals surface area contributed by atoms with E-state index in [-0.39, 0.29) is 0 Å². The van der Waals surface area contributed by atoms with E-state index in [1.54, 1.807) is 0 Å². The maximum absolute atomic E-state index is 6.10. The van der Waals surface area contributed by atoms with Gasteiger partial charge in [-0.1, -0.05) is 34.1 Å². The third-order valence-corrected chi connectivity index (χ3v) is 3.74. The molecule has 0 bridgehead atoms. The van der Waals surface area contributed by atoms with Crippen molar-refractivity contribution in [3.63, 3.8) is 0 Å². The second-order valence-electron chi connectivity index (χ2n) is 5.17. The second-order valence-corrected chi connectivity index (χ2v) is 5.17. The zero-order valence-corrected chi connectivity index (χ0v) is 8.28. The molecule has 0 aromatic heterocycles. The van der Waals surface area contributed by atoms with E-state index in [1.807, 2.05) is 0 Å². The highest BCUT2D eigenvalue weighted by atomic mass is 14.7. The van der Waals surface area contributed by atoms with Crippen molar-refractivity contribution in [3.8, 4) is 0 Å². The minimum absolute atomic E-state index is 0.364. The summed E-state index contributed by atoms with van der Waals surface area (Å²) in [5.41, 5.74) is 6.83. The Morgan fingerprint density at radius 1 is 1.36 bits per heavy atom. The average molecular weight is 155 g/mol. The topological polar surface area (TPSA) is 26.0 Å². The molecule has 0 aromatic carbocycles. The van der Waals surface area contributed by atoms with E-state index in [1.165, 1.54) is 19.3 Å². The van der Waals surface area contributed by atoms with Crippen molar-refractivity contribution in [2.75, 3.05) is 0 Å². The first kappa shape index (κ1) is 9.05. The van der Waals surface area contributed by atoms with Gasteiger partial charge in [-0.15, -0.1) is 0 Å². The fourth-order valence-electron chi connectivity index (χ4n) is 2.12. The molecular formula is C10H21N. The van der Waals surface area contributed by atoms with Crippen LogP contribution in [0.5, 0.6) is 0 Å². The second kappa shape index (κ2) is 2.48. The van der Waals surface area contributed by atoms with Crippen LogP contribution in [0, 0.1) is 10.8 Å². The zero-order chi connectivity index (χ0) is 8.70. The summed E-state index contributed by atoms with van der Waals surface area (Å²) in [4.78, 5) is 0. The summed E-state index contributed by atoms with van der Waals surface area (Å²) >= 11 is 0. The Kier molecular flexibility index (Phi) is 2.04. The van der Waals surface area contributed by atoms with Crippen molar-refractivity contribution >= 4 is 0 Å². The Hall–Kier alpha value is -0.0400. The van der Waals surface area contributed by atoms with Crippen LogP contribution in [-0.2, 0) is 0 Å². The lowest BCUT2D eigenvalue weighted by Crippen LogP contribution is -2.44. The molecule has 1 rings (SSSR count). The maximum Gasteiger partial charge on any atom is 0.00979 e. The van der Waals surface area contributed by atoms with Crippen molar-refractivity contribution in [1.29, 1.82) is 0 Å². The summed E-state index contributed by atoms with van der Waals surface area (Å²) in [7, 11) is 0. The highest BCUT2D eigenvalue weighted by molar-refractivity contribution is 4.98. The van der Waals surface area contributed by atoms with Crippen LogP contribution in [0.4, 0.5) is 0 Å². The molecule has 0 aliphatic heterocycles. The fraction of sp³-hybridized carbons (Fsp3) is 1.00. The van der Waals surface area contributed by atoms with E-state index >= 15 is 0 Å². The third-order valence-electron chi connectivity index (χ3n) is 3.74. The SMILES string of the molecule is CC(C)(C)C1(C)CCC[C@@H]1N. The molecule has 2 N–H and O–H groups in total. The van der Waals surface area contributed by atoms with Gasteiger partial charge in [0.15, 0.2) is 0 Å². The number of rotatable bonds is 0. The number of hydrogen-bond acceptors (Lipinski definition) is 1. The summed E-state index contributed by atoms with van der Waals surface area (Å²) in [5.74, 6) is 0. The van der Waals surface area contributed by atoms with Gasteiger partial charge in [0.05, 0.1) is 0 Å². The smallest absolute Gasteiger partial charge is 0.00979 e. The van der Waals surface area contributed by atoms with Crippen molar-refractivity contribution in [1.82, 2.24) is 0 Å². The van der Waals surface area contributed by atoms with Crippen LogP contribution < -0.4 is 5.73 Å². The molecule has 11 heavy (non-hydrogen) atoms. The van der Waals surface area contributed by atoms with Crippen molar-refractivity contribution in [2.24, 2.45) is 16.6 Å². The molecule has 1 heteroatoms. The van der Waals surface area contributed by atoms with Gasteiger partial charge in [0.1, 0.15) is 0 Å². The molecule has 66 valence electrons. The number of nitrogens with two attached hydrogens (primary N) is 1. The fourth-order valence-corrected chi connectivity index (χ4v) is 2.12. The Morgan fingerprint density at radius 3 is 2.09 bits per heavy atom. The lowest BCUT2D eigenvalue weighted by atomic mass is 9.65. The highest BCUT2D eigenvalue weighted by Gasteiger charge is 2.45. The molecule has 0 aromatic rings. The summed E-state index contributed by atoms with van der Waals surface area (Å²) in [6, 6.07) is 0.419. The lowest BCUT2D eigenvalue weighted by Gasteiger charge is -2.42. The van der Waals surface area contributed by atoms with E-state index < -0.39 is 0 Å². The highest BCUT2D eigenvalue weighted by Crippen LogP contribution is 2.49. The van der Waals surface area contributed by atoms with Crippen LogP contribution in [0.25, 0.3) is 0 Å². The van der Waals surface area contributed by atoms with Crippen LogP contribution in [0.1, 0.15) is 47.0 Å². The van der Waals surface area contributed by atoms with Gasteiger partial charge in [0, 0.05) is 6.04 Å². The maximum atomic E-state index is 6.10. The average Bonchev–Trinajstić information content (AvgIpc) is 2.12. The van der Waals surface area contributed by atoms with Gasteiger partial charge in [-0.3, -0.25) is 0 Å². The molecule has 2 atom stereocenters. The lowest BCUT2D eigenvalue weighted by molar-refractivity contribution is 0.0970. The van der Waals surface area contributed by atoms with E-state index in [2.05, 4.69) is 27.7 Å². The summed E-state index contributed by atoms with van der Waals surface area (Å²) in [6.45, 7) is 9.25. The van der Waals surface area contributed by atoms with Crippen molar-refractivity contribution in [3.05, 3.63) is 0 Å². The summed E-state index contributed by atoms with van der Waals surface area (Å²) in [5, 5.41) is 0. The molecule has 0 spiro atoms. The predicted octanol–water partition coefficient (Wildman–Crippen LogP) is 2.55. The Bertz CT molecular complexity index is 145. The van der Waals surface area contributed by atoms with Crippen molar-refractivity contribution in [2.45, 2.75) is 53.0 Å². The first-order valence-corrected chi connectivity index (χ1v) is 4.63. The van der Waals surface area contributed by atoms with Gasteiger partial charge in [0.25, 0.3) is 0 Å². The van der Waals surface area contributed by atoms with Crippen LogP contribution >= 0.6 is 0 Å².